The molecule has 2 heterocycles. The Morgan fingerprint density at radius 2 is 1.77 bits per heavy atom. The highest BCUT2D eigenvalue weighted by Crippen LogP contribution is 2.20. The van der Waals surface area contributed by atoms with Gasteiger partial charge in [-0.25, -0.2) is 13.2 Å². The zero-order chi connectivity index (χ0) is 18.9. The van der Waals surface area contributed by atoms with Crippen molar-refractivity contribution in [1.29, 1.82) is 0 Å². The van der Waals surface area contributed by atoms with Gasteiger partial charge in [0.2, 0.25) is 10.0 Å². The van der Waals surface area contributed by atoms with Crippen molar-refractivity contribution in [3.8, 4) is 0 Å². The summed E-state index contributed by atoms with van der Waals surface area (Å²) in [7, 11) is -3.56. The van der Waals surface area contributed by atoms with Crippen LogP contribution in [0.25, 0.3) is 0 Å². The van der Waals surface area contributed by atoms with E-state index in [0.717, 1.165) is 11.1 Å². The van der Waals surface area contributed by atoms with Gasteiger partial charge in [0.05, 0.1) is 4.90 Å². The SMILES string of the molecule is Cc1cc(NC(=O)N2CCN(S(=O)(=O)c3ccc(C)c(C)c3)CC2)no1. The Kier molecular flexibility index (Phi) is 5.01. The number of hydrogen-bond acceptors (Lipinski definition) is 5. The van der Waals surface area contributed by atoms with E-state index in [0.29, 0.717) is 24.7 Å². The highest BCUT2D eigenvalue weighted by molar-refractivity contribution is 7.89. The van der Waals surface area contributed by atoms with E-state index in [9.17, 15) is 13.2 Å². The van der Waals surface area contributed by atoms with Gasteiger partial charge >= 0.3 is 6.03 Å². The maximum absolute atomic E-state index is 12.8. The minimum absolute atomic E-state index is 0.251. The molecule has 0 atom stereocenters. The molecule has 0 aliphatic carbocycles. The van der Waals surface area contributed by atoms with Crippen LogP contribution in [0.1, 0.15) is 16.9 Å². The van der Waals surface area contributed by atoms with Crippen molar-refractivity contribution < 1.29 is 17.7 Å². The van der Waals surface area contributed by atoms with Crippen LogP contribution in [0, 0.1) is 20.8 Å². The number of urea groups is 1. The Labute approximate surface area is 152 Å². The summed E-state index contributed by atoms with van der Waals surface area (Å²) < 4.78 is 31.9. The number of carbonyl (C=O) groups is 1. The van der Waals surface area contributed by atoms with E-state index < -0.39 is 10.0 Å². The fraction of sp³-hybridized carbons (Fsp3) is 0.412. The van der Waals surface area contributed by atoms with Crippen LogP contribution in [0.3, 0.4) is 0 Å². The van der Waals surface area contributed by atoms with E-state index in [4.69, 9.17) is 4.52 Å². The molecule has 1 N–H and O–H groups in total. The third-order valence-corrected chi connectivity index (χ3v) is 6.40. The van der Waals surface area contributed by atoms with E-state index in [-0.39, 0.29) is 24.0 Å². The zero-order valence-electron chi connectivity index (χ0n) is 15.0. The second-order valence-corrected chi connectivity index (χ2v) is 8.33. The van der Waals surface area contributed by atoms with Crippen LogP contribution in [0.5, 0.6) is 0 Å². The van der Waals surface area contributed by atoms with Crippen LogP contribution in [0.4, 0.5) is 10.6 Å². The number of hydrogen-bond donors (Lipinski definition) is 1. The first kappa shape index (κ1) is 18.4. The predicted molar refractivity (Wildman–Crippen MR) is 96.5 cm³/mol. The van der Waals surface area contributed by atoms with Gasteiger partial charge in [-0.2, -0.15) is 4.31 Å². The summed E-state index contributed by atoms with van der Waals surface area (Å²) in [6.07, 6.45) is 0. The molecular formula is C17H22N4O4S. The predicted octanol–water partition coefficient (Wildman–Crippen LogP) is 2.14. The van der Waals surface area contributed by atoms with Gasteiger partial charge in [0.25, 0.3) is 0 Å². The van der Waals surface area contributed by atoms with Crippen LogP contribution in [0.15, 0.2) is 33.7 Å². The molecule has 0 bridgehead atoms. The molecule has 0 spiro atoms. The van der Waals surface area contributed by atoms with E-state index in [1.165, 1.54) is 4.31 Å². The maximum atomic E-state index is 12.8. The van der Waals surface area contributed by atoms with Crippen molar-refractivity contribution in [2.24, 2.45) is 0 Å². The third kappa shape index (κ3) is 3.73. The molecule has 26 heavy (non-hydrogen) atoms. The van der Waals surface area contributed by atoms with Gasteiger partial charge in [0.1, 0.15) is 5.76 Å². The highest BCUT2D eigenvalue weighted by Gasteiger charge is 2.30. The van der Waals surface area contributed by atoms with Gasteiger partial charge < -0.3 is 9.42 Å². The quantitative estimate of drug-likeness (QED) is 0.883. The summed E-state index contributed by atoms with van der Waals surface area (Å²) in [5.41, 5.74) is 1.99. The molecule has 1 aliphatic rings. The molecule has 1 aliphatic heterocycles. The molecule has 3 rings (SSSR count). The molecule has 1 saturated heterocycles. The average molecular weight is 378 g/mol. The fourth-order valence-corrected chi connectivity index (χ4v) is 4.28. The smallest absolute Gasteiger partial charge is 0.323 e. The van der Waals surface area contributed by atoms with E-state index in [2.05, 4.69) is 10.5 Å². The van der Waals surface area contributed by atoms with Crippen molar-refractivity contribution in [3.63, 3.8) is 0 Å². The standard InChI is InChI=1S/C17H22N4O4S/c1-12-4-5-15(10-13(12)2)26(23,24)21-8-6-20(7-9-21)17(22)18-16-11-14(3)25-19-16/h4-5,10-11H,6-9H2,1-3H3,(H,18,19,22). The Hall–Kier alpha value is -2.39. The first-order valence-corrected chi connectivity index (χ1v) is 9.78. The average Bonchev–Trinajstić information content (AvgIpc) is 3.02. The summed E-state index contributed by atoms with van der Waals surface area (Å²) in [4.78, 5) is 14.1. The lowest BCUT2D eigenvalue weighted by atomic mass is 10.1. The van der Waals surface area contributed by atoms with Gasteiger partial charge in [0, 0.05) is 32.2 Å². The minimum atomic E-state index is -3.56. The summed E-state index contributed by atoms with van der Waals surface area (Å²) in [6.45, 7) is 6.70. The van der Waals surface area contributed by atoms with Crippen molar-refractivity contribution in [1.82, 2.24) is 14.4 Å². The molecule has 1 aromatic heterocycles. The van der Waals surface area contributed by atoms with Crippen LogP contribution < -0.4 is 5.32 Å². The first-order valence-electron chi connectivity index (χ1n) is 8.34. The van der Waals surface area contributed by atoms with Gasteiger partial charge in [-0.1, -0.05) is 11.2 Å². The van der Waals surface area contributed by atoms with Gasteiger partial charge in [-0.05, 0) is 44.0 Å². The summed E-state index contributed by atoms with van der Waals surface area (Å²) in [5, 5.41) is 6.37. The van der Waals surface area contributed by atoms with Gasteiger partial charge in [-0.15, -0.1) is 0 Å². The summed E-state index contributed by atoms with van der Waals surface area (Å²) in [6, 6.07) is 6.44. The lowest BCUT2D eigenvalue weighted by Crippen LogP contribution is -2.51. The number of anilines is 1. The van der Waals surface area contributed by atoms with Crippen LogP contribution in [-0.4, -0.2) is 55.0 Å². The number of carbonyl (C=O) groups excluding carboxylic acids is 1. The Morgan fingerprint density at radius 1 is 1.08 bits per heavy atom. The molecular weight excluding hydrogens is 356 g/mol. The number of sulfonamides is 1. The van der Waals surface area contributed by atoms with Crippen LogP contribution in [-0.2, 0) is 10.0 Å². The van der Waals surface area contributed by atoms with Crippen molar-refractivity contribution >= 4 is 21.9 Å². The number of benzene rings is 1. The van der Waals surface area contributed by atoms with Gasteiger partial charge in [-0.3, -0.25) is 5.32 Å². The molecule has 140 valence electrons. The number of amides is 2. The highest BCUT2D eigenvalue weighted by atomic mass is 32.2. The second-order valence-electron chi connectivity index (χ2n) is 6.39. The Balaban J connectivity index is 1.63. The zero-order valence-corrected chi connectivity index (χ0v) is 15.8. The normalized spacial score (nSPS) is 15.9. The molecule has 2 aromatic rings. The number of nitrogens with zero attached hydrogens (tertiary/aromatic N) is 3. The van der Waals surface area contributed by atoms with E-state index >= 15 is 0 Å². The van der Waals surface area contributed by atoms with Crippen LogP contribution >= 0.6 is 0 Å². The summed E-state index contributed by atoms with van der Waals surface area (Å²) in [5.74, 6) is 0.947. The van der Waals surface area contributed by atoms with E-state index in [1.807, 2.05) is 19.9 Å². The monoisotopic (exact) mass is 378 g/mol. The van der Waals surface area contributed by atoms with Crippen molar-refractivity contribution in [3.05, 3.63) is 41.2 Å². The Bertz CT molecular complexity index is 915. The first-order chi connectivity index (χ1) is 12.3. The maximum Gasteiger partial charge on any atom is 0.323 e. The molecule has 2 amide bonds. The van der Waals surface area contributed by atoms with Gasteiger partial charge in [0.15, 0.2) is 5.82 Å². The van der Waals surface area contributed by atoms with Crippen molar-refractivity contribution in [2.75, 3.05) is 31.5 Å². The number of aryl methyl sites for hydroxylation is 3. The molecule has 0 radical (unpaired) electrons. The molecule has 1 aromatic carbocycles. The largest absolute Gasteiger partial charge is 0.360 e. The Morgan fingerprint density at radius 3 is 2.35 bits per heavy atom. The molecule has 0 unspecified atom stereocenters. The molecule has 8 nitrogen and oxygen atoms in total. The molecule has 1 fully saturated rings. The lowest BCUT2D eigenvalue weighted by Gasteiger charge is -2.33. The number of nitrogens with one attached hydrogen (secondary N) is 1. The van der Waals surface area contributed by atoms with E-state index in [1.54, 1.807) is 30.0 Å². The molecule has 0 saturated carbocycles. The lowest BCUT2D eigenvalue weighted by molar-refractivity contribution is 0.184. The third-order valence-electron chi connectivity index (χ3n) is 4.50. The fourth-order valence-electron chi connectivity index (χ4n) is 2.77. The second kappa shape index (κ2) is 7.08. The topological polar surface area (TPSA) is 95.8 Å². The number of piperazine rings is 1. The summed E-state index contributed by atoms with van der Waals surface area (Å²) >= 11 is 0. The number of aromatic nitrogens is 1. The van der Waals surface area contributed by atoms with Crippen molar-refractivity contribution in [2.45, 2.75) is 25.7 Å². The number of rotatable bonds is 3. The minimum Gasteiger partial charge on any atom is -0.360 e. The molecule has 9 heteroatoms. The van der Waals surface area contributed by atoms with Crippen LogP contribution in [0.2, 0.25) is 0 Å².